The van der Waals surface area contributed by atoms with Crippen LogP contribution in [0.4, 0.5) is 0 Å². The predicted molar refractivity (Wildman–Crippen MR) is 140 cm³/mol. The van der Waals surface area contributed by atoms with Crippen LogP contribution in [0.1, 0.15) is 19.4 Å². The third kappa shape index (κ3) is 7.99. The first-order chi connectivity index (χ1) is 17.4. The number of methoxy groups -OCH3 is 1. The molecule has 36 heavy (non-hydrogen) atoms. The summed E-state index contributed by atoms with van der Waals surface area (Å²) in [5, 5.41) is 0. The van der Waals surface area contributed by atoms with E-state index in [1.165, 1.54) is 11.8 Å². The third-order valence-electron chi connectivity index (χ3n) is 6.08. The van der Waals surface area contributed by atoms with Gasteiger partial charge in [-0.2, -0.15) is 0 Å². The van der Waals surface area contributed by atoms with Gasteiger partial charge in [-0.15, -0.1) is 11.8 Å². The molecule has 0 aromatic heterocycles. The van der Waals surface area contributed by atoms with Crippen molar-refractivity contribution in [1.82, 2.24) is 14.7 Å². The molecule has 0 radical (unpaired) electrons. The van der Waals surface area contributed by atoms with Crippen LogP contribution >= 0.6 is 11.8 Å². The van der Waals surface area contributed by atoms with E-state index in [-0.39, 0.29) is 43.2 Å². The Balaban J connectivity index is 1.71. The largest absolute Gasteiger partial charge is 0.497 e. The monoisotopic (exact) mass is 513 g/mol. The van der Waals surface area contributed by atoms with Crippen LogP contribution in [0.3, 0.4) is 0 Å². The molecule has 0 bridgehead atoms. The van der Waals surface area contributed by atoms with E-state index < -0.39 is 6.10 Å². The number of rotatable bonds is 11. The van der Waals surface area contributed by atoms with Crippen LogP contribution in [-0.2, 0) is 25.7 Å². The predicted octanol–water partition coefficient (Wildman–Crippen LogP) is 2.91. The molecule has 2 aromatic rings. The average molecular weight is 514 g/mol. The summed E-state index contributed by atoms with van der Waals surface area (Å²) in [6, 6.07) is 17.2. The molecular weight excluding hydrogens is 478 g/mol. The Kier molecular flexibility index (Phi) is 10.6. The van der Waals surface area contributed by atoms with Crippen LogP contribution in [0.25, 0.3) is 0 Å². The number of hydrogen-bond donors (Lipinski definition) is 0. The molecule has 2 aromatic carbocycles. The molecule has 9 heteroatoms. The lowest BCUT2D eigenvalue weighted by Gasteiger charge is -2.26. The lowest BCUT2D eigenvalue weighted by atomic mass is 10.2. The van der Waals surface area contributed by atoms with Crippen molar-refractivity contribution in [3.63, 3.8) is 0 Å². The summed E-state index contributed by atoms with van der Waals surface area (Å²) in [6.07, 6.45) is -0.472. The van der Waals surface area contributed by atoms with Crippen LogP contribution in [-0.4, -0.2) is 90.7 Å². The quantitative estimate of drug-likeness (QED) is 0.430. The molecule has 1 aliphatic heterocycles. The van der Waals surface area contributed by atoms with E-state index in [1.54, 1.807) is 21.8 Å². The number of hydrogen-bond acceptors (Lipinski definition) is 6. The maximum atomic E-state index is 13.2. The molecule has 1 aliphatic rings. The van der Waals surface area contributed by atoms with Crippen LogP contribution < -0.4 is 4.74 Å². The van der Waals surface area contributed by atoms with Crippen LogP contribution in [0.2, 0.25) is 0 Å². The summed E-state index contributed by atoms with van der Waals surface area (Å²) in [5.41, 5.74) is 0.946. The molecule has 1 fully saturated rings. The number of benzene rings is 2. The first-order valence-electron chi connectivity index (χ1n) is 12.2. The fraction of sp³-hybridized carbons (Fsp3) is 0.444. The number of likely N-dealkylation sites (N-methyl/N-ethyl adjacent to an activating group) is 1. The zero-order chi connectivity index (χ0) is 25.9. The zero-order valence-corrected chi connectivity index (χ0v) is 22.0. The van der Waals surface area contributed by atoms with Gasteiger partial charge in [-0.1, -0.05) is 30.3 Å². The normalized spacial score (nSPS) is 16.0. The maximum Gasteiger partial charge on any atom is 0.248 e. The fourth-order valence-corrected chi connectivity index (χ4v) is 4.81. The van der Waals surface area contributed by atoms with E-state index in [0.717, 1.165) is 16.2 Å². The Hall–Kier alpha value is -3.04. The summed E-state index contributed by atoms with van der Waals surface area (Å²) in [4.78, 5) is 44.7. The summed E-state index contributed by atoms with van der Waals surface area (Å²) >= 11 is 1.44. The minimum atomic E-state index is -0.472. The second-order valence-electron chi connectivity index (χ2n) is 8.50. The van der Waals surface area contributed by atoms with Crippen molar-refractivity contribution in [2.45, 2.75) is 31.4 Å². The number of thioether (sulfide) groups is 1. The number of ether oxygens (including phenoxy) is 2. The Morgan fingerprint density at radius 2 is 1.72 bits per heavy atom. The van der Waals surface area contributed by atoms with Crippen molar-refractivity contribution in [2.24, 2.45) is 0 Å². The Bertz CT molecular complexity index is 998. The molecule has 0 saturated carbocycles. The number of nitrogens with zero attached hydrogens (tertiary/aromatic N) is 3. The second kappa shape index (κ2) is 13.9. The second-order valence-corrected chi connectivity index (χ2v) is 9.55. The van der Waals surface area contributed by atoms with Crippen molar-refractivity contribution in [3.05, 3.63) is 60.2 Å². The molecule has 8 nitrogen and oxygen atoms in total. The molecule has 0 N–H and O–H groups in total. The van der Waals surface area contributed by atoms with E-state index in [0.29, 0.717) is 26.2 Å². The first kappa shape index (κ1) is 27.5. The SMILES string of the molecule is CCN(CC)C(=O)COC1CN(C(=O)CSc2ccccc2)CC(=O)N(Cc2ccc(OC)cc2)C1. The van der Waals surface area contributed by atoms with E-state index >= 15 is 0 Å². The zero-order valence-electron chi connectivity index (χ0n) is 21.2. The van der Waals surface area contributed by atoms with Gasteiger partial charge in [-0.25, -0.2) is 0 Å². The Morgan fingerprint density at radius 1 is 1.03 bits per heavy atom. The third-order valence-corrected chi connectivity index (χ3v) is 7.07. The van der Waals surface area contributed by atoms with Crippen LogP contribution in [0.15, 0.2) is 59.5 Å². The molecule has 1 heterocycles. The minimum Gasteiger partial charge on any atom is -0.497 e. The van der Waals surface area contributed by atoms with E-state index in [4.69, 9.17) is 9.47 Å². The van der Waals surface area contributed by atoms with E-state index in [9.17, 15) is 14.4 Å². The summed E-state index contributed by atoms with van der Waals surface area (Å²) in [5.74, 6) is 0.581. The first-order valence-corrected chi connectivity index (χ1v) is 13.2. The smallest absolute Gasteiger partial charge is 0.248 e. The van der Waals surface area contributed by atoms with Crippen molar-refractivity contribution in [1.29, 1.82) is 0 Å². The molecule has 1 saturated heterocycles. The van der Waals surface area contributed by atoms with Gasteiger partial charge < -0.3 is 24.2 Å². The molecule has 0 aliphatic carbocycles. The highest BCUT2D eigenvalue weighted by molar-refractivity contribution is 8.00. The van der Waals surface area contributed by atoms with Gasteiger partial charge in [0, 0.05) is 37.6 Å². The van der Waals surface area contributed by atoms with Crippen LogP contribution in [0, 0.1) is 0 Å². The van der Waals surface area contributed by atoms with Crippen LogP contribution in [0.5, 0.6) is 5.75 Å². The maximum absolute atomic E-state index is 13.2. The van der Waals surface area contributed by atoms with Gasteiger partial charge >= 0.3 is 0 Å². The van der Waals surface area contributed by atoms with E-state index in [2.05, 4.69) is 0 Å². The van der Waals surface area contributed by atoms with Gasteiger partial charge in [0.1, 0.15) is 12.4 Å². The standard InChI is InChI=1S/C27H35N3O5S/c1-4-28(5-2)26(32)19-35-23-16-29(15-21-11-13-22(34-3)14-12-21)25(31)18-30(17-23)27(33)20-36-24-9-7-6-8-10-24/h6-14,23H,4-5,15-20H2,1-3H3. The highest BCUT2D eigenvalue weighted by atomic mass is 32.2. The molecule has 194 valence electrons. The molecule has 3 rings (SSSR count). The molecule has 1 atom stereocenters. The van der Waals surface area contributed by atoms with Crippen molar-refractivity contribution in [2.75, 3.05) is 52.2 Å². The summed E-state index contributed by atoms with van der Waals surface area (Å²) in [6.45, 7) is 5.88. The highest BCUT2D eigenvalue weighted by Crippen LogP contribution is 2.20. The minimum absolute atomic E-state index is 0.0197. The highest BCUT2D eigenvalue weighted by Gasteiger charge is 2.31. The van der Waals surface area contributed by atoms with Crippen molar-refractivity contribution < 1.29 is 23.9 Å². The Labute approximate surface area is 217 Å². The summed E-state index contributed by atoms with van der Waals surface area (Å²) < 4.78 is 11.2. The average Bonchev–Trinajstić information content (AvgIpc) is 3.06. The topological polar surface area (TPSA) is 79.4 Å². The molecule has 3 amide bonds. The van der Waals surface area contributed by atoms with Crippen molar-refractivity contribution in [3.8, 4) is 5.75 Å². The molecule has 0 spiro atoms. The number of amides is 3. The lowest BCUT2D eigenvalue weighted by Crippen LogP contribution is -2.42. The molecular formula is C27H35N3O5S. The van der Waals surface area contributed by atoms with Gasteiger partial charge in [0.05, 0.1) is 25.5 Å². The van der Waals surface area contributed by atoms with Gasteiger partial charge in [0.25, 0.3) is 0 Å². The van der Waals surface area contributed by atoms with Gasteiger partial charge in [-0.05, 0) is 43.7 Å². The Morgan fingerprint density at radius 3 is 2.36 bits per heavy atom. The number of carbonyl (C=O) groups excluding carboxylic acids is 3. The summed E-state index contributed by atoms with van der Waals surface area (Å²) in [7, 11) is 1.61. The lowest BCUT2D eigenvalue weighted by molar-refractivity contribution is -0.139. The molecule has 1 unspecified atom stereocenters. The van der Waals surface area contributed by atoms with Gasteiger partial charge in [0.2, 0.25) is 17.7 Å². The van der Waals surface area contributed by atoms with Crippen molar-refractivity contribution >= 4 is 29.5 Å². The van der Waals surface area contributed by atoms with Gasteiger partial charge in [0.15, 0.2) is 0 Å². The number of carbonyl (C=O) groups is 3. The van der Waals surface area contributed by atoms with Gasteiger partial charge in [-0.3, -0.25) is 14.4 Å². The van der Waals surface area contributed by atoms with E-state index in [1.807, 2.05) is 68.4 Å². The fourth-order valence-electron chi connectivity index (χ4n) is 3.99.